The van der Waals surface area contributed by atoms with Gasteiger partial charge in [-0.05, 0) is 207 Å². The molecule has 0 saturated carbocycles. The third-order valence-electron chi connectivity index (χ3n) is 19.1. The molecule has 13 aromatic rings. The Kier molecular flexibility index (Phi) is 42.4. The molecule has 14 rings (SSSR count). The molecule has 2 amide bonds. The number of hydrogen-bond acceptors (Lipinski definition) is 20. The fraction of sp³-hybridized carbons (Fsp3) is 0.312. The standard InChI is InChI=1S/C24H22ClF2N3O4.C17H21NO3.C16H19NO4.C12H11NO4.C11H11NO.C9H9N.C6H11BrO2.CH2O3.2K.H/c1-13(31)18-11-29(20-8-16(32)5-6-17(18)20)12-22(33)30-10-15(26)7-21(30)24(34)28-9-14-3-2-4-19(25)23(14)27;1-11-6-7-13-14(12(2)19)9-18(15(13)8-11)10-16(20)21-17(3,4)5;1-10(18)13-8-17(9-15(20)21-16(2,3)4)14-7-11(19)5-6-12(13)14;1-7(14)10-5-13(6-12(16)17)11-4-8(15)2-3-9(10)11;1-7-3-4-9-10(8(2)13)6-12-11(9)5-7;1-7-2-3-8-4-5-10-9(8)6-7;1-6(2,3)9-5(8)4-7;2-1-4-3;;;/h2-6,8,11,15,21,32H,7,9-10,12H2,1H3,(H,28,34);6-9H,10H2,1-5H3;5-8,19H,9H2,1-4H3;2-5,15H,6H2,1H3,(H,16,17);3-6,12H,1-2H3;2-6,10H,1H3;4H2,1-3H3;1,3H;;;/q;;;;;;;;2*+1;-1/p-1/t15-,21+;;;;;;;;;;/m1........../s1. The number of aromatic amines is 2. The van der Waals surface area contributed by atoms with Crippen molar-refractivity contribution in [1.82, 2.24) is 38.5 Å². The van der Waals surface area contributed by atoms with Crippen molar-refractivity contribution in [2.24, 2.45) is 0 Å². The van der Waals surface area contributed by atoms with Crippen LogP contribution >= 0.6 is 27.5 Å². The van der Waals surface area contributed by atoms with Crippen molar-refractivity contribution in [3.8, 4) is 17.2 Å². The number of phenols is 3. The molecule has 7 heterocycles. The van der Waals surface area contributed by atoms with Gasteiger partial charge in [0.2, 0.25) is 11.8 Å². The molecule has 131 heavy (non-hydrogen) atoms. The quantitative estimate of drug-likeness (QED) is 0.00613. The van der Waals surface area contributed by atoms with Crippen LogP contribution in [0.15, 0.2) is 171 Å². The summed E-state index contributed by atoms with van der Waals surface area (Å²) in [6, 6.07) is 37.4. The van der Waals surface area contributed by atoms with E-state index in [1.165, 1.54) is 120 Å². The minimum atomic E-state index is -1.39. The molecular formula is C96H106BrClF2K2N8O21. The molecule has 686 valence electrons. The van der Waals surface area contributed by atoms with Crippen molar-refractivity contribution in [2.75, 3.05) is 11.9 Å². The van der Waals surface area contributed by atoms with Gasteiger partial charge in [-0.1, -0.05) is 76.1 Å². The predicted molar refractivity (Wildman–Crippen MR) is 489 cm³/mol. The van der Waals surface area contributed by atoms with E-state index in [4.69, 9.17) is 41.0 Å². The van der Waals surface area contributed by atoms with Gasteiger partial charge in [-0.15, -0.1) is 0 Å². The number of carbonyl (C=O) groups excluding carboxylic acids is 11. The largest absolute Gasteiger partial charge is 1.00 e. The molecule has 6 aromatic heterocycles. The van der Waals surface area contributed by atoms with Crippen LogP contribution in [0.5, 0.6) is 17.2 Å². The van der Waals surface area contributed by atoms with Gasteiger partial charge in [0.15, 0.2) is 28.9 Å². The Morgan fingerprint density at radius 3 is 1.31 bits per heavy atom. The average molecular weight is 1940 g/mol. The van der Waals surface area contributed by atoms with Gasteiger partial charge in [0.25, 0.3) is 6.47 Å². The Labute approximate surface area is 855 Å². The third-order valence-corrected chi connectivity index (χ3v) is 19.8. The normalized spacial score (nSPS) is 12.5. The van der Waals surface area contributed by atoms with Crippen molar-refractivity contribution in [1.29, 1.82) is 0 Å². The number of rotatable bonds is 18. The van der Waals surface area contributed by atoms with Gasteiger partial charge in [0.05, 0.1) is 28.1 Å². The summed E-state index contributed by atoms with van der Waals surface area (Å²) in [4.78, 5) is 148. The second kappa shape index (κ2) is 50.0. The Bertz CT molecular complexity index is 6210. The van der Waals surface area contributed by atoms with Crippen molar-refractivity contribution < 1.29 is 215 Å². The number of carboxylic acids is 1. The summed E-state index contributed by atoms with van der Waals surface area (Å²) in [5, 5.41) is 53.9. The molecule has 1 aliphatic rings. The third kappa shape index (κ3) is 33.1. The van der Waals surface area contributed by atoms with Gasteiger partial charge in [-0.25, -0.2) is 8.78 Å². The monoisotopic (exact) mass is 1940 g/mol. The Balaban J connectivity index is 0.000000331. The zero-order valence-electron chi connectivity index (χ0n) is 77.5. The first-order chi connectivity index (χ1) is 60.4. The number of nitrogens with zero attached hydrogens (tertiary/aromatic N) is 5. The number of ether oxygens (including phenoxy) is 3. The van der Waals surface area contributed by atoms with Crippen LogP contribution in [0.3, 0.4) is 0 Å². The molecule has 2 atom stereocenters. The summed E-state index contributed by atoms with van der Waals surface area (Å²) in [6.07, 6.45) is 8.52. The zero-order valence-corrected chi connectivity index (χ0v) is 85.1. The van der Waals surface area contributed by atoms with E-state index < -0.39 is 53.0 Å². The molecule has 1 aliphatic heterocycles. The van der Waals surface area contributed by atoms with Crippen molar-refractivity contribution in [3.05, 3.63) is 232 Å². The number of carboxylic acid groups (broad SMARTS) is 1. The fourth-order valence-corrected chi connectivity index (χ4v) is 14.0. The van der Waals surface area contributed by atoms with E-state index in [0.29, 0.717) is 55.0 Å². The second-order valence-electron chi connectivity index (χ2n) is 33.2. The van der Waals surface area contributed by atoms with Crippen LogP contribution in [0.25, 0.3) is 65.4 Å². The van der Waals surface area contributed by atoms with Crippen LogP contribution < -0.4 is 113 Å². The van der Waals surface area contributed by atoms with Gasteiger partial charge in [0, 0.05) is 145 Å². The minimum Gasteiger partial charge on any atom is -1.00 e. The molecule has 7 N–H and O–H groups in total. The van der Waals surface area contributed by atoms with Gasteiger partial charge in [-0.2, -0.15) is 0 Å². The molecule has 1 saturated heterocycles. The first kappa shape index (κ1) is 111. The molecule has 7 aromatic carbocycles. The summed E-state index contributed by atoms with van der Waals surface area (Å²) < 4.78 is 50.2. The number of amides is 2. The maximum atomic E-state index is 14.2. The Morgan fingerprint density at radius 1 is 0.527 bits per heavy atom. The van der Waals surface area contributed by atoms with Gasteiger partial charge in [-0.3, -0.25) is 57.5 Å². The number of phenolic OH excluding ortho intramolecular Hbond substituents is 3. The number of aryl methyl sites for hydroxylation is 3. The predicted octanol–water partition coefficient (Wildman–Crippen LogP) is 11.1. The summed E-state index contributed by atoms with van der Waals surface area (Å²) in [5.41, 5.74) is 9.86. The molecule has 35 heteroatoms. The number of halogens is 4. The van der Waals surface area contributed by atoms with E-state index in [1.807, 2.05) is 98.0 Å². The Morgan fingerprint density at radius 2 is 0.908 bits per heavy atom. The number of esters is 3. The molecule has 0 bridgehead atoms. The van der Waals surface area contributed by atoms with E-state index >= 15 is 0 Å². The van der Waals surface area contributed by atoms with E-state index in [9.17, 15) is 76.8 Å². The van der Waals surface area contributed by atoms with E-state index in [2.05, 4.69) is 67.3 Å². The first-order valence-corrected chi connectivity index (χ1v) is 41.9. The SMILES string of the molecule is CC(=O)c1c[nH]c2cc(C)ccc12.CC(=O)c1cn(CC(=O)N2C[C@H](F)C[C@H]2C(=O)NCc2cccc(Cl)c2F)c2cc(O)ccc12.CC(=O)c1cn(CC(=O)O)c2cc(O)ccc12.CC(=O)c1cn(CC(=O)OC(C)(C)C)c2cc(C)ccc12.CC(=O)c1cn(CC(=O)OC(C)(C)C)c2cc(O)ccc12.CC(C)(C)OC(=O)CBr.Cc1ccc2cc[nH]c2c1.O=CO[O-].[H-].[K+].[K+]. The smallest absolute Gasteiger partial charge is 1.00 e. The summed E-state index contributed by atoms with van der Waals surface area (Å²) in [6.45, 7) is 28.9. The fourth-order valence-electron chi connectivity index (χ4n) is 13.7. The number of alkyl halides is 2. The first-order valence-electron chi connectivity index (χ1n) is 40.4. The van der Waals surface area contributed by atoms with Crippen molar-refractivity contribution >= 4 is 164 Å². The summed E-state index contributed by atoms with van der Waals surface area (Å²) in [5.74, 6) is -3.95. The number of hydrogen-bond donors (Lipinski definition) is 7. The van der Waals surface area contributed by atoms with Crippen LogP contribution in [0.1, 0.15) is 179 Å². The van der Waals surface area contributed by atoms with Crippen molar-refractivity contribution in [2.45, 2.75) is 186 Å². The van der Waals surface area contributed by atoms with E-state index in [0.717, 1.165) is 37.8 Å². The molecule has 1 fully saturated rings. The number of benzene rings is 7. The van der Waals surface area contributed by atoms with Crippen LogP contribution in [-0.2, 0) is 85.4 Å². The van der Waals surface area contributed by atoms with E-state index in [-0.39, 0.29) is 236 Å². The second-order valence-corrected chi connectivity index (χ2v) is 34.2. The number of H-pyrrole nitrogens is 2. The van der Waals surface area contributed by atoms with Crippen molar-refractivity contribution in [3.63, 3.8) is 0 Å². The number of aromatic hydroxyl groups is 3. The number of aromatic nitrogens is 6. The average Bonchev–Trinajstić information content (AvgIpc) is 1.63. The van der Waals surface area contributed by atoms with Crippen LogP contribution in [0.2, 0.25) is 5.02 Å². The molecule has 0 radical (unpaired) electrons. The van der Waals surface area contributed by atoms with Gasteiger partial charge in [0.1, 0.15) is 83.6 Å². The molecule has 0 unspecified atom stereocenters. The maximum Gasteiger partial charge on any atom is 1.00 e. The van der Waals surface area contributed by atoms with Gasteiger partial charge >= 0.3 is 127 Å². The number of fused-ring (bicyclic) bond motifs is 6. The number of aliphatic carboxylic acids is 1. The van der Waals surface area contributed by atoms with Gasteiger partial charge < -0.3 is 84.7 Å². The maximum absolute atomic E-state index is 14.2. The van der Waals surface area contributed by atoms with E-state index in [1.54, 1.807) is 79.7 Å². The molecule has 29 nitrogen and oxygen atoms in total. The number of carbonyl (C=O) groups is 12. The number of Topliss-reactive ketones (excluding diaryl/α,β-unsaturated/α-hetero) is 5. The number of ketones is 5. The number of likely N-dealkylation sites (tertiary alicyclic amines) is 1. The van der Waals surface area contributed by atoms with Crippen LogP contribution in [0.4, 0.5) is 8.78 Å². The number of nitrogens with one attached hydrogen (secondary N) is 3. The zero-order chi connectivity index (χ0) is 96.0. The summed E-state index contributed by atoms with van der Waals surface area (Å²) >= 11 is 8.75. The minimum absolute atomic E-state index is 0. The molecular weight excluding hydrogens is 1830 g/mol. The van der Waals surface area contributed by atoms with Crippen LogP contribution in [0, 0.1) is 26.6 Å². The van der Waals surface area contributed by atoms with Crippen LogP contribution in [-0.4, -0.2) is 166 Å². The topological polar surface area (TPSA) is 412 Å². The molecule has 0 aliphatic carbocycles. The molecule has 0 spiro atoms. The summed E-state index contributed by atoms with van der Waals surface area (Å²) in [7, 11) is 0. The Hall–Kier alpha value is -10.3.